The third-order valence-corrected chi connectivity index (χ3v) is 5.92. The van der Waals surface area contributed by atoms with Gasteiger partial charge in [-0.05, 0) is 84.6 Å². The van der Waals surface area contributed by atoms with Crippen LogP contribution in [-0.4, -0.2) is 38.2 Å². The van der Waals surface area contributed by atoms with Crippen molar-refractivity contribution in [2.24, 2.45) is 0 Å². The molecule has 0 aromatic heterocycles. The Bertz CT molecular complexity index is 743. The van der Waals surface area contributed by atoms with Crippen molar-refractivity contribution in [1.82, 2.24) is 10.2 Å². The Hall–Kier alpha value is -0.980. The highest BCUT2D eigenvalue weighted by molar-refractivity contribution is 9.10. The number of hydrogen-bond donors (Lipinski definition) is 1. The average Bonchev–Trinajstić information content (AvgIpc) is 2.79. The van der Waals surface area contributed by atoms with Crippen LogP contribution in [0.2, 0.25) is 0 Å². The standard InChI is InChI=1S/C26H39BrN2O2.2ClH/c1-4-6-15-29(16-7-5-2)17-11-14-28-20-23-18-24(27)26(25(19-23)30-3)31-21-22-12-9-8-10-13-22;;/h8-10,12-13,18-19,28H,4-7,11,14-17,20-21H2,1-3H3;2*1H. The van der Waals surface area contributed by atoms with Crippen LogP contribution in [0.4, 0.5) is 0 Å². The summed E-state index contributed by atoms with van der Waals surface area (Å²) in [6.07, 6.45) is 6.29. The van der Waals surface area contributed by atoms with Crippen LogP contribution in [0, 0.1) is 0 Å². The van der Waals surface area contributed by atoms with Gasteiger partial charge in [-0.2, -0.15) is 0 Å². The van der Waals surface area contributed by atoms with Gasteiger partial charge in [0, 0.05) is 6.54 Å². The summed E-state index contributed by atoms with van der Waals surface area (Å²) >= 11 is 3.66. The lowest BCUT2D eigenvalue weighted by Crippen LogP contribution is -2.29. The lowest BCUT2D eigenvalue weighted by Gasteiger charge is -2.22. The Morgan fingerprint density at radius 2 is 1.52 bits per heavy atom. The molecule has 0 radical (unpaired) electrons. The van der Waals surface area contributed by atoms with E-state index >= 15 is 0 Å². The number of nitrogens with zero attached hydrogens (tertiary/aromatic N) is 1. The van der Waals surface area contributed by atoms with E-state index in [1.54, 1.807) is 7.11 Å². The molecule has 33 heavy (non-hydrogen) atoms. The van der Waals surface area contributed by atoms with Crippen molar-refractivity contribution in [3.8, 4) is 11.5 Å². The quantitative estimate of drug-likeness (QED) is 0.218. The van der Waals surface area contributed by atoms with Crippen LogP contribution < -0.4 is 14.8 Å². The minimum absolute atomic E-state index is 0. The summed E-state index contributed by atoms with van der Waals surface area (Å²) in [5, 5.41) is 3.58. The third kappa shape index (κ3) is 12.3. The fraction of sp³-hybridized carbons (Fsp3) is 0.538. The van der Waals surface area contributed by atoms with Crippen molar-refractivity contribution in [2.45, 2.75) is 59.1 Å². The van der Waals surface area contributed by atoms with Gasteiger partial charge >= 0.3 is 0 Å². The highest BCUT2D eigenvalue weighted by Crippen LogP contribution is 2.37. The van der Waals surface area contributed by atoms with Crippen LogP contribution in [0.15, 0.2) is 46.9 Å². The summed E-state index contributed by atoms with van der Waals surface area (Å²) < 4.78 is 12.6. The number of rotatable bonds is 16. The molecular weight excluding hydrogens is 523 g/mol. The molecule has 7 heteroatoms. The molecule has 0 amide bonds. The van der Waals surface area contributed by atoms with Gasteiger partial charge in [0.1, 0.15) is 6.61 Å². The van der Waals surface area contributed by atoms with Crippen molar-refractivity contribution in [3.63, 3.8) is 0 Å². The minimum Gasteiger partial charge on any atom is -0.493 e. The summed E-state index contributed by atoms with van der Waals surface area (Å²) in [6.45, 7) is 10.5. The molecule has 0 fully saturated rings. The topological polar surface area (TPSA) is 33.7 Å². The number of ether oxygens (including phenoxy) is 2. The predicted molar refractivity (Wildman–Crippen MR) is 149 cm³/mol. The Labute approximate surface area is 221 Å². The Kier molecular flexibility index (Phi) is 18.8. The molecule has 2 rings (SSSR count). The van der Waals surface area contributed by atoms with E-state index in [2.05, 4.69) is 64.3 Å². The second kappa shape index (κ2) is 19.3. The van der Waals surface area contributed by atoms with Gasteiger partial charge in [0.15, 0.2) is 11.5 Å². The molecule has 4 nitrogen and oxygen atoms in total. The zero-order valence-corrected chi connectivity index (χ0v) is 23.5. The SMILES string of the molecule is CCCCN(CCCC)CCCNCc1cc(Br)c(OCc2ccccc2)c(OC)c1.Cl.Cl. The molecule has 0 saturated carbocycles. The molecule has 188 valence electrons. The van der Waals surface area contributed by atoms with Gasteiger partial charge in [-0.1, -0.05) is 57.0 Å². The van der Waals surface area contributed by atoms with Gasteiger partial charge in [0.2, 0.25) is 0 Å². The molecule has 0 spiro atoms. The molecule has 2 aromatic carbocycles. The molecule has 0 atom stereocenters. The average molecular weight is 564 g/mol. The maximum atomic E-state index is 6.04. The fourth-order valence-corrected chi connectivity index (χ4v) is 4.11. The number of unbranched alkanes of at least 4 members (excludes halogenated alkanes) is 2. The predicted octanol–water partition coefficient (Wildman–Crippen LogP) is 7.26. The maximum absolute atomic E-state index is 6.04. The van der Waals surface area contributed by atoms with Crippen molar-refractivity contribution in [1.29, 1.82) is 0 Å². The van der Waals surface area contributed by atoms with E-state index in [4.69, 9.17) is 9.47 Å². The first-order valence-electron chi connectivity index (χ1n) is 11.6. The van der Waals surface area contributed by atoms with Crippen LogP contribution in [-0.2, 0) is 13.2 Å². The zero-order valence-electron chi connectivity index (χ0n) is 20.3. The van der Waals surface area contributed by atoms with Gasteiger partial charge in [-0.15, -0.1) is 24.8 Å². The maximum Gasteiger partial charge on any atom is 0.175 e. The van der Waals surface area contributed by atoms with Gasteiger partial charge < -0.3 is 19.7 Å². The largest absolute Gasteiger partial charge is 0.493 e. The summed E-state index contributed by atoms with van der Waals surface area (Å²) in [5.74, 6) is 1.50. The number of nitrogens with one attached hydrogen (secondary N) is 1. The second-order valence-electron chi connectivity index (χ2n) is 7.96. The first kappa shape index (κ1) is 32.0. The van der Waals surface area contributed by atoms with Crippen LogP contribution in [0.1, 0.15) is 57.1 Å². The Morgan fingerprint density at radius 1 is 0.879 bits per heavy atom. The summed E-state index contributed by atoms with van der Waals surface area (Å²) in [6, 6.07) is 14.3. The number of methoxy groups -OCH3 is 1. The normalized spacial score (nSPS) is 10.5. The first-order chi connectivity index (χ1) is 15.2. The van der Waals surface area contributed by atoms with Gasteiger partial charge in [-0.25, -0.2) is 0 Å². The van der Waals surface area contributed by atoms with Gasteiger partial charge in [-0.3, -0.25) is 0 Å². The zero-order chi connectivity index (χ0) is 22.3. The van der Waals surface area contributed by atoms with E-state index in [1.807, 2.05) is 18.2 Å². The highest BCUT2D eigenvalue weighted by Gasteiger charge is 2.12. The van der Waals surface area contributed by atoms with E-state index in [1.165, 1.54) is 57.3 Å². The van der Waals surface area contributed by atoms with Crippen molar-refractivity contribution < 1.29 is 9.47 Å². The lowest BCUT2D eigenvalue weighted by atomic mass is 10.2. The smallest absolute Gasteiger partial charge is 0.175 e. The van der Waals surface area contributed by atoms with Crippen molar-refractivity contribution >= 4 is 40.7 Å². The van der Waals surface area contributed by atoms with E-state index < -0.39 is 0 Å². The first-order valence-corrected chi connectivity index (χ1v) is 12.4. The molecule has 0 aliphatic rings. The van der Waals surface area contributed by atoms with Gasteiger partial charge in [0.05, 0.1) is 11.6 Å². The summed E-state index contributed by atoms with van der Waals surface area (Å²) in [5.41, 5.74) is 2.32. The van der Waals surface area contributed by atoms with Crippen LogP contribution in [0.5, 0.6) is 11.5 Å². The van der Waals surface area contributed by atoms with Gasteiger partial charge in [0.25, 0.3) is 0 Å². The third-order valence-electron chi connectivity index (χ3n) is 5.33. The molecule has 0 unspecified atom stereocenters. The summed E-state index contributed by atoms with van der Waals surface area (Å²) in [4.78, 5) is 2.62. The van der Waals surface area contributed by atoms with Crippen molar-refractivity contribution in [3.05, 3.63) is 58.1 Å². The number of halogens is 3. The molecule has 0 aliphatic heterocycles. The molecule has 0 aliphatic carbocycles. The lowest BCUT2D eigenvalue weighted by molar-refractivity contribution is 0.261. The number of benzene rings is 2. The molecular formula is C26H41BrCl2N2O2. The Morgan fingerprint density at radius 3 is 2.12 bits per heavy atom. The van der Waals surface area contributed by atoms with Crippen LogP contribution in [0.25, 0.3) is 0 Å². The molecule has 2 aromatic rings. The monoisotopic (exact) mass is 562 g/mol. The van der Waals surface area contributed by atoms with E-state index in [-0.39, 0.29) is 24.8 Å². The van der Waals surface area contributed by atoms with E-state index in [0.29, 0.717) is 6.61 Å². The molecule has 0 bridgehead atoms. The fourth-order valence-electron chi connectivity index (χ4n) is 3.50. The Balaban J connectivity index is 0.00000512. The minimum atomic E-state index is 0. The highest BCUT2D eigenvalue weighted by atomic mass is 79.9. The molecule has 1 N–H and O–H groups in total. The second-order valence-corrected chi connectivity index (χ2v) is 8.82. The van der Waals surface area contributed by atoms with Crippen molar-refractivity contribution in [2.75, 3.05) is 33.3 Å². The number of hydrogen-bond acceptors (Lipinski definition) is 4. The van der Waals surface area contributed by atoms with E-state index in [9.17, 15) is 0 Å². The van der Waals surface area contributed by atoms with E-state index in [0.717, 1.165) is 34.6 Å². The molecule has 0 heterocycles. The van der Waals surface area contributed by atoms with Crippen LogP contribution in [0.3, 0.4) is 0 Å². The summed E-state index contributed by atoms with van der Waals surface area (Å²) in [7, 11) is 1.69. The molecule has 0 saturated heterocycles. The van der Waals surface area contributed by atoms with Crippen LogP contribution >= 0.6 is 40.7 Å².